The van der Waals surface area contributed by atoms with E-state index in [1.807, 2.05) is 0 Å². The Hall–Kier alpha value is -0.700. The predicted molar refractivity (Wildman–Crippen MR) is 67.6 cm³/mol. The first-order valence-electron chi connectivity index (χ1n) is 6.50. The molecule has 2 fully saturated rings. The van der Waals surface area contributed by atoms with Crippen LogP contribution in [0.1, 0.15) is 26.2 Å². The number of piperidine rings is 1. The van der Waals surface area contributed by atoms with Crippen LogP contribution in [0.4, 0.5) is 0 Å². The van der Waals surface area contributed by atoms with Gasteiger partial charge >= 0.3 is 5.97 Å². The van der Waals surface area contributed by atoms with E-state index >= 15 is 0 Å². The monoisotopic (exact) mass is 292 g/mol. The van der Waals surface area contributed by atoms with Crippen molar-refractivity contribution in [1.82, 2.24) is 8.61 Å². The summed E-state index contributed by atoms with van der Waals surface area (Å²) >= 11 is 0. The fourth-order valence-corrected chi connectivity index (χ4v) is 4.45. The van der Waals surface area contributed by atoms with Gasteiger partial charge in [-0.05, 0) is 18.8 Å². The van der Waals surface area contributed by atoms with Gasteiger partial charge in [0.1, 0.15) is 6.04 Å². The van der Waals surface area contributed by atoms with E-state index in [0.29, 0.717) is 19.0 Å². The molecule has 2 heterocycles. The maximum absolute atomic E-state index is 12.4. The molecule has 0 aromatic heterocycles. The molecule has 2 rings (SSSR count). The van der Waals surface area contributed by atoms with Gasteiger partial charge in [0.2, 0.25) is 0 Å². The summed E-state index contributed by atoms with van der Waals surface area (Å²) in [7, 11) is -3.79. The number of β-amino-alcohol motifs (C(OH)–C–C–N with tert-alkyl or cyclic N) is 1. The van der Waals surface area contributed by atoms with Gasteiger partial charge in [-0.25, -0.2) is 0 Å². The van der Waals surface area contributed by atoms with Crippen LogP contribution in [0.5, 0.6) is 0 Å². The Morgan fingerprint density at radius 3 is 2.37 bits per heavy atom. The van der Waals surface area contributed by atoms with Crippen LogP contribution < -0.4 is 0 Å². The van der Waals surface area contributed by atoms with Gasteiger partial charge in [-0.3, -0.25) is 4.79 Å². The first-order valence-corrected chi connectivity index (χ1v) is 7.90. The molecule has 7 nitrogen and oxygen atoms in total. The molecule has 0 radical (unpaired) electrons. The Balaban J connectivity index is 2.16. The molecule has 0 spiro atoms. The van der Waals surface area contributed by atoms with E-state index in [9.17, 15) is 18.3 Å². The van der Waals surface area contributed by atoms with Crippen LogP contribution in [0.25, 0.3) is 0 Å². The summed E-state index contributed by atoms with van der Waals surface area (Å²) < 4.78 is 27.1. The van der Waals surface area contributed by atoms with Crippen molar-refractivity contribution in [3.8, 4) is 0 Å². The highest BCUT2D eigenvalue weighted by atomic mass is 32.2. The van der Waals surface area contributed by atoms with Crippen LogP contribution in [-0.4, -0.2) is 65.0 Å². The maximum Gasteiger partial charge on any atom is 0.322 e. The van der Waals surface area contributed by atoms with Crippen LogP contribution in [0.2, 0.25) is 0 Å². The van der Waals surface area contributed by atoms with Gasteiger partial charge in [0.05, 0.1) is 6.10 Å². The van der Waals surface area contributed by atoms with E-state index in [0.717, 1.165) is 17.1 Å². The quantitative estimate of drug-likeness (QED) is 0.729. The number of aliphatic carboxylic acids is 1. The van der Waals surface area contributed by atoms with Gasteiger partial charge in [-0.1, -0.05) is 6.92 Å². The normalized spacial score (nSPS) is 31.7. The summed E-state index contributed by atoms with van der Waals surface area (Å²) in [6.45, 7) is 2.78. The third kappa shape index (κ3) is 2.91. The van der Waals surface area contributed by atoms with Crippen LogP contribution in [0, 0.1) is 5.92 Å². The van der Waals surface area contributed by atoms with Crippen LogP contribution in [0.3, 0.4) is 0 Å². The van der Waals surface area contributed by atoms with Crippen LogP contribution >= 0.6 is 0 Å². The Kier molecular flexibility index (Phi) is 4.14. The molecule has 19 heavy (non-hydrogen) atoms. The molecule has 0 saturated carbocycles. The minimum atomic E-state index is -3.79. The Morgan fingerprint density at radius 2 is 1.84 bits per heavy atom. The van der Waals surface area contributed by atoms with Gasteiger partial charge in [0.15, 0.2) is 0 Å². The van der Waals surface area contributed by atoms with Crippen molar-refractivity contribution in [3.63, 3.8) is 0 Å². The second-order valence-electron chi connectivity index (χ2n) is 5.40. The Morgan fingerprint density at radius 1 is 1.26 bits per heavy atom. The molecule has 0 bridgehead atoms. The van der Waals surface area contributed by atoms with Crippen molar-refractivity contribution >= 4 is 16.2 Å². The van der Waals surface area contributed by atoms with E-state index in [-0.39, 0.29) is 13.0 Å². The molecular formula is C11H20N2O5S. The zero-order valence-electron chi connectivity index (χ0n) is 10.9. The molecule has 2 aliphatic rings. The van der Waals surface area contributed by atoms with Gasteiger partial charge in [0, 0.05) is 26.1 Å². The molecular weight excluding hydrogens is 272 g/mol. The van der Waals surface area contributed by atoms with Crippen molar-refractivity contribution in [2.75, 3.05) is 19.6 Å². The summed E-state index contributed by atoms with van der Waals surface area (Å²) in [4.78, 5) is 11.1. The number of carboxylic acids is 1. The Labute approximate surface area is 113 Å². The second-order valence-corrected chi connectivity index (χ2v) is 7.28. The first kappa shape index (κ1) is 14.7. The SMILES string of the molecule is CC1CCN(S(=O)(=O)N2CC(O)C[C@H]2C(=O)O)CC1. The van der Waals surface area contributed by atoms with E-state index in [1.165, 1.54) is 4.31 Å². The number of aliphatic hydroxyl groups excluding tert-OH is 1. The molecule has 2 saturated heterocycles. The van der Waals surface area contributed by atoms with Crippen LogP contribution in [0.15, 0.2) is 0 Å². The third-order valence-electron chi connectivity index (χ3n) is 3.88. The number of carbonyl (C=O) groups is 1. The lowest BCUT2D eigenvalue weighted by Gasteiger charge is -2.33. The van der Waals surface area contributed by atoms with Gasteiger partial charge in [-0.2, -0.15) is 17.0 Å². The number of aliphatic hydroxyl groups is 1. The zero-order chi connectivity index (χ0) is 14.2. The third-order valence-corrected chi connectivity index (χ3v) is 5.90. The summed E-state index contributed by atoms with van der Waals surface area (Å²) in [5.74, 6) is -0.712. The molecule has 2 N–H and O–H groups in total. The standard InChI is InChI=1S/C11H20N2O5S/c1-8-2-4-12(5-3-8)19(17,18)13-7-9(14)6-10(13)11(15)16/h8-10,14H,2-7H2,1H3,(H,15,16)/t9?,10-/m0/s1. The van der Waals surface area contributed by atoms with Crippen molar-refractivity contribution < 1.29 is 23.4 Å². The zero-order valence-corrected chi connectivity index (χ0v) is 11.7. The largest absolute Gasteiger partial charge is 0.480 e. The predicted octanol–water partition coefficient (Wildman–Crippen LogP) is -0.517. The van der Waals surface area contributed by atoms with Gasteiger partial charge in [-0.15, -0.1) is 0 Å². The van der Waals surface area contributed by atoms with Crippen molar-refractivity contribution in [3.05, 3.63) is 0 Å². The smallest absolute Gasteiger partial charge is 0.322 e. The van der Waals surface area contributed by atoms with Gasteiger partial charge in [0.25, 0.3) is 10.2 Å². The number of nitrogens with zero attached hydrogens (tertiary/aromatic N) is 2. The number of carboxylic acid groups (broad SMARTS) is 1. The first-order chi connectivity index (χ1) is 8.82. The van der Waals surface area contributed by atoms with E-state index in [2.05, 4.69) is 6.92 Å². The average molecular weight is 292 g/mol. The number of hydrogen-bond donors (Lipinski definition) is 2. The molecule has 2 aliphatic heterocycles. The fraction of sp³-hybridized carbons (Fsp3) is 0.909. The van der Waals surface area contributed by atoms with Crippen molar-refractivity contribution in [2.45, 2.75) is 38.3 Å². The van der Waals surface area contributed by atoms with Crippen molar-refractivity contribution in [1.29, 1.82) is 0 Å². The highest BCUT2D eigenvalue weighted by Crippen LogP contribution is 2.27. The minimum absolute atomic E-state index is 0.0429. The highest BCUT2D eigenvalue weighted by Gasteiger charge is 2.45. The summed E-state index contributed by atoms with van der Waals surface area (Å²) in [5, 5.41) is 18.6. The summed E-state index contributed by atoms with van der Waals surface area (Å²) in [5.41, 5.74) is 0. The molecule has 0 aromatic rings. The second kappa shape index (κ2) is 5.35. The molecule has 110 valence electrons. The van der Waals surface area contributed by atoms with E-state index < -0.39 is 28.3 Å². The van der Waals surface area contributed by atoms with Crippen LogP contribution in [-0.2, 0) is 15.0 Å². The summed E-state index contributed by atoms with van der Waals surface area (Å²) in [6.07, 6.45) is 0.624. The van der Waals surface area contributed by atoms with E-state index in [4.69, 9.17) is 5.11 Å². The molecule has 2 atom stereocenters. The molecule has 0 amide bonds. The number of rotatable bonds is 3. The van der Waals surface area contributed by atoms with Crippen molar-refractivity contribution in [2.24, 2.45) is 5.92 Å². The van der Waals surface area contributed by atoms with Gasteiger partial charge < -0.3 is 10.2 Å². The average Bonchev–Trinajstić information content (AvgIpc) is 2.73. The lowest BCUT2D eigenvalue weighted by molar-refractivity contribution is -0.140. The lowest BCUT2D eigenvalue weighted by Crippen LogP contribution is -2.50. The number of hydrogen-bond acceptors (Lipinski definition) is 4. The molecule has 8 heteroatoms. The fourth-order valence-electron chi connectivity index (χ4n) is 2.63. The summed E-state index contributed by atoms with van der Waals surface area (Å²) in [6, 6.07) is -1.15. The maximum atomic E-state index is 12.4. The minimum Gasteiger partial charge on any atom is -0.480 e. The Bertz CT molecular complexity index is 444. The topological polar surface area (TPSA) is 98.2 Å². The highest BCUT2D eigenvalue weighted by molar-refractivity contribution is 7.86. The van der Waals surface area contributed by atoms with E-state index in [1.54, 1.807) is 0 Å². The molecule has 1 unspecified atom stereocenters. The molecule has 0 aliphatic carbocycles. The lowest BCUT2D eigenvalue weighted by atomic mass is 10.0. The molecule has 0 aromatic carbocycles.